The zero-order chi connectivity index (χ0) is 17.4. The number of carbonyl (C=O) groups is 1. The first-order chi connectivity index (χ1) is 11.6. The number of hydrogen-bond donors (Lipinski definition) is 1. The molecule has 0 saturated carbocycles. The average Bonchev–Trinajstić information content (AvgIpc) is 2.60. The Hall–Kier alpha value is -2.20. The molecule has 5 heteroatoms. The summed E-state index contributed by atoms with van der Waals surface area (Å²) in [6, 6.07) is 14.6. The molecule has 4 nitrogen and oxygen atoms in total. The molecule has 0 radical (unpaired) electrons. The Morgan fingerprint density at radius 3 is 2.25 bits per heavy atom. The van der Waals surface area contributed by atoms with Crippen molar-refractivity contribution in [1.29, 1.82) is 0 Å². The molecule has 1 N–H and O–H groups in total. The lowest BCUT2D eigenvalue weighted by Gasteiger charge is -2.17. The van der Waals surface area contributed by atoms with Crippen molar-refractivity contribution < 1.29 is 14.3 Å². The molecule has 1 amide bonds. The summed E-state index contributed by atoms with van der Waals surface area (Å²) < 4.78 is 11.1. The van der Waals surface area contributed by atoms with E-state index in [0.717, 1.165) is 11.3 Å². The van der Waals surface area contributed by atoms with Crippen LogP contribution in [-0.4, -0.2) is 18.6 Å². The molecule has 0 heterocycles. The second-order valence-electron chi connectivity index (χ2n) is 5.26. The second kappa shape index (κ2) is 9.18. The van der Waals surface area contributed by atoms with E-state index in [4.69, 9.17) is 21.1 Å². The molecule has 0 saturated heterocycles. The molecule has 2 aromatic rings. The summed E-state index contributed by atoms with van der Waals surface area (Å²) in [6.07, 6.45) is 0.0476. The van der Waals surface area contributed by atoms with Crippen LogP contribution in [0.4, 0.5) is 0 Å². The monoisotopic (exact) mass is 347 g/mol. The highest BCUT2D eigenvalue weighted by Crippen LogP contribution is 2.18. The van der Waals surface area contributed by atoms with Gasteiger partial charge in [0.2, 0.25) is 0 Å². The van der Waals surface area contributed by atoms with E-state index < -0.39 is 6.10 Å². The number of nitrogens with one attached hydrogen (secondary N) is 1. The summed E-state index contributed by atoms with van der Waals surface area (Å²) in [5.74, 6) is 1.31. The van der Waals surface area contributed by atoms with Gasteiger partial charge in [0.05, 0.1) is 6.61 Å². The van der Waals surface area contributed by atoms with Gasteiger partial charge in [0, 0.05) is 11.6 Å². The van der Waals surface area contributed by atoms with Crippen LogP contribution < -0.4 is 14.8 Å². The van der Waals surface area contributed by atoms with Gasteiger partial charge in [-0.1, -0.05) is 30.7 Å². The van der Waals surface area contributed by atoms with Gasteiger partial charge in [-0.2, -0.15) is 0 Å². The van der Waals surface area contributed by atoms with Gasteiger partial charge in [-0.15, -0.1) is 0 Å². The summed E-state index contributed by atoms with van der Waals surface area (Å²) in [7, 11) is 0. The molecular formula is C19H22ClNO3. The molecule has 2 aromatic carbocycles. The molecule has 1 atom stereocenters. The van der Waals surface area contributed by atoms with Gasteiger partial charge < -0.3 is 14.8 Å². The molecule has 0 aromatic heterocycles. The molecule has 0 fully saturated rings. The highest BCUT2D eigenvalue weighted by Gasteiger charge is 2.18. The third kappa shape index (κ3) is 5.46. The lowest BCUT2D eigenvalue weighted by Crippen LogP contribution is -2.37. The number of ether oxygens (including phenoxy) is 2. The number of benzene rings is 2. The summed E-state index contributed by atoms with van der Waals surface area (Å²) in [4.78, 5) is 12.3. The van der Waals surface area contributed by atoms with Gasteiger partial charge in [-0.05, 0) is 55.3 Å². The third-order valence-electron chi connectivity index (χ3n) is 3.46. The number of rotatable bonds is 8. The first-order valence-electron chi connectivity index (χ1n) is 8.04. The first-order valence-corrected chi connectivity index (χ1v) is 8.41. The Labute approximate surface area is 147 Å². The lowest BCUT2D eigenvalue weighted by molar-refractivity contribution is -0.128. The van der Waals surface area contributed by atoms with Gasteiger partial charge in [-0.25, -0.2) is 0 Å². The Morgan fingerprint density at radius 2 is 1.67 bits per heavy atom. The molecule has 0 spiro atoms. The molecule has 0 aliphatic heterocycles. The van der Waals surface area contributed by atoms with Crippen molar-refractivity contribution in [1.82, 2.24) is 5.32 Å². The second-order valence-corrected chi connectivity index (χ2v) is 5.70. The van der Waals surface area contributed by atoms with Crippen LogP contribution >= 0.6 is 11.6 Å². The van der Waals surface area contributed by atoms with Crippen LogP contribution in [0.2, 0.25) is 5.02 Å². The van der Waals surface area contributed by atoms with Crippen molar-refractivity contribution in [2.24, 2.45) is 0 Å². The van der Waals surface area contributed by atoms with E-state index >= 15 is 0 Å². The molecular weight excluding hydrogens is 326 g/mol. The topological polar surface area (TPSA) is 47.6 Å². The fourth-order valence-electron chi connectivity index (χ4n) is 2.17. The Balaban J connectivity index is 1.88. The standard InChI is InChI=1S/C19H22ClNO3/c1-3-18(24-17-11-7-15(20)8-12-17)19(22)21-13-14-5-9-16(10-6-14)23-4-2/h5-12,18H,3-4,13H2,1-2H3,(H,21,22). The van der Waals surface area contributed by atoms with Gasteiger partial charge in [-0.3, -0.25) is 4.79 Å². The summed E-state index contributed by atoms with van der Waals surface area (Å²) in [5, 5.41) is 3.54. The molecule has 2 rings (SSSR count). The molecule has 24 heavy (non-hydrogen) atoms. The maximum absolute atomic E-state index is 12.3. The predicted octanol–water partition coefficient (Wildman–Crippen LogP) is 4.21. The maximum atomic E-state index is 12.3. The van der Waals surface area contributed by atoms with Gasteiger partial charge in [0.25, 0.3) is 5.91 Å². The van der Waals surface area contributed by atoms with Crippen LogP contribution in [0.1, 0.15) is 25.8 Å². The largest absolute Gasteiger partial charge is 0.494 e. The van der Waals surface area contributed by atoms with Crippen LogP contribution in [0.3, 0.4) is 0 Å². The molecule has 0 aliphatic carbocycles. The summed E-state index contributed by atoms with van der Waals surface area (Å²) >= 11 is 5.85. The Bertz CT molecular complexity index is 641. The number of halogens is 1. The molecule has 0 bridgehead atoms. The predicted molar refractivity (Wildman–Crippen MR) is 95.6 cm³/mol. The average molecular weight is 348 g/mol. The molecule has 1 unspecified atom stereocenters. The highest BCUT2D eigenvalue weighted by molar-refractivity contribution is 6.30. The zero-order valence-electron chi connectivity index (χ0n) is 13.9. The zero-order valence-corrected chi connectivity index (χ0v) is 14.7. The fraction of sp³-hybridized carbons (Fsp3) is 0.316. The van der Waals surface area contributed by atoms with E-state index in [1.54, 1.807) is 24.3 Å². The SMILES string of the molecule is CCOc1ccc(CNC(=O)C(CC)Oc2ccc(Cl)cc2)cc1. The number of carbonyl (C=O) groups excluding carboxylic acids is 1. The third-order valence-corrected chi connectivity index (χ3v) is 3.71. The van der Waals surface area contributed by atoms with E-state index in [0.29, 0.717) is 30.3 Å². The summed E-state index contributed by atoms with van der Waals surface area (Å²) in [6.45, 7) is 4.94. The lowest BCUT2D eigenvalue weighted by atomic mass is 10.2. The fourth-order valence-corrected chi connectivity index (χ4v) is 2.30. The van der Waals surface area contributed by atoms with Gasteiger partial charge >= 0.3 is 0 Å². The van der Waals surface area contributed by atoms with Crippen molar-refractivity contribution in [3.8, 4) is 11.5 Å². The van der Waals surface area contributed by atoms with E-state index in [1.807, 2.05) is 38.1 Å². The van der Waals surface area contributed by atoms with Crippen molar-refractivity contribution in [2.75, 3.05) is 6.61 Å². The Kier molecular flexibility index (Phi) is 6.94. The quantitative estimate of drug-likeness (QED) is 0.778. The summed E-state index contributed by atoms with van der Waals surface area (Å²) in [5.41, 5.74) is 1.01. The normalized spacial score (nSPS) is 11.6. The van der Waals surface area contributed by atoms with Crippen LogP contribution in [0.15, 0.2) is 48.5 Å². The number of hydrogen-bond acceptors (Lipinski definition) is 3. The van der Waals surface area contributed by atoms with Crippen molar-refractivity contribution in [2.45, 2.75) is 32.9 Å². The Morgan fingerprint density at radius 1 is 1.04 bits per heavy atom. The molecule has 0 aliphatic rings. The number of amides is 1. The van der Waals surface area contributed by atoms with E-state index in [2.05, 4.69) is 5.32 Å². The minimum atomic E-state index is -0.533. The minimum absolute atomic E-state index is 0.138. The van der Waals surface area contributed by atoms with Crippen molar-refractivity contribution in [3.63, 3.8) is 0 Å². The van der Waals surface area contributed by atoms with Crippen molar-refractivity contribution >= 4 is 17.5 Å². The maximum Gasteiger partial charge on any atom is 0.261 e. The van der Waals surface area contributed by atoms with Crippen LogP contribution in [0, 0.1) is 0 Å². The molecule has 128 valence electrons. The van der Waals surface area contributed by atoms with Gasteiger partial charge in [0.15, 0.2) is 6.10 Å². The van der Waals surface area contributed by atoms with Crippen LogP contribution in [0.5, 0.6) is 11.5 Å². The van der Waals surface area contributed by atoms with Crippen LogP contribution in [0.25, 0.3) is 0 Å². The van der Waals surface area contributed by atoms with E-state index in [-0.39, 0.29) is 5.91 Å². The van der Waals surface area contributed by atoms with E-state index in [1.165, 1.54) is 0 Å². The van der Waals surface area contributed by atoms with Gasteiger partial charge in [0.1, 0.15) is 11.5 Å². The first kappa shape index (κ1) is 18.1. The van der Waals surface area contributed by atoms with Crippen LogP contribution in [-0.2, 0) is 11.3 Å². The smallest absolute Gasteiger partial charge is 0.261 e. The minimum Gasteiger partial charge on any atom is -0.494 e. The van der Waals surface area contributed by atoms with E-state index in [9.17, 15) is 4.79 Å². The van der Waals surface area contributed by atoms with Crippen molar-refractivity contribution in [3.05, 3.63) is 59.1 Å². The highest BCUT2D eigenvalue weighted by atomic mass is 35.5.